The third-order valence-electron chi connectivity index (χ3n) is 6.87. The van der Waals surface area contributed by atoms with Gasteiger partial charge in [-0.2, -0.15) is 4.98 Å². The molecule has 1 fully saturated rings. The van der Waals surface area contributed by atoms with Crippen LogP contribution in [0.3, 0.4) is 0 Å². The number of anilines is 3. The summed E-state index contributed by atoms with van der Waals surface area (Å²) in [5.41, 5.74) is 5.05. The second kappa shape index (κ2) is 10.3. The Morgan fingerprint density at radius 1 is 1.10 bits per heavy atom. The molecule has 5 heterocycles. The lowest BCUT2D eigenvalue weighted by Crippen LogP contribution is -2.44. The summed E-state index contributed by atoms with van der Waals surface area (Å²) in [5, 5.41) is 6.33. The number of amides is 1. The van der Waals surface area contributed by atoms with E-state index in [-0.39, 0.29) is 5.69 Å². The Hall–Kier alpha value is -4.58. The number of halogens is 2. The number of pyridine rings is 1. The highest BCUT2D eigenvalue weighted by Gasteiger charge is 2.17. The zero-order valence-corrected chi connectivity index (χ0v) is 21.2. The van der Waals surface area contributed by atoms with Gasteiger partial charge in [-0.1, -0.05) is 6.07 Å². The number of carbonyl (C=O) groups is 1. The van der Waals surface area contributed by atoms with Gasteiger partial charge in [0, 0.05) is 72.7 Å². The minimum absolute atomic E-state index is 0.175. The first-order valence-electron chi connectivity index (χ1n) is 12.6. The summed E-state index contributed by atoms with van der Waals surface area (Å²) in [7, 11) is 2.14. The number of alkyl halides is 2. The predicted molar refractivity (Wildman–Crippen MR) is 146 cm³/mol. The third kappa shape index (κ3) is 5.10. The quantitative estimate of drug-likeness (QED) is 0.294. The lowest BCUT2D eigenvalue weighted by atomic mass is 10.1. The predicted octanol–water partition coefficient (Wildman–Crippen LogP) is 3.76. The average molecular weight is 532 g/mol. The number of aromatic amines is 1. The summed E-state index contributed by atoms with van der Waals surface area (Å²) >= 11 is 0. The van der Waals surface area contributed by atoms with E-state index in [0.29, 0.717) is 17.2 Å². The van der Waals surface area contributed by atoms with E-state index in [1.165, 1.54) is 6.20 Å². The van der Waals surface area contributed by atoms with Gasteiger partial charge < -0.3 is 25.4 Å². The molecule has 0 atom stereocenters. The highest BCUT2D eigenvalue weighted by Crippen LogP contribution is 2.29. The number of likely N-dealkylation sites (N-methyl/N-ethyl adjacent to an activating group) is 1. The van der Waals surface area contributed by atoms with Crippen LogP contribution in [0.5, 0.6) is 0 Å². The zero-order valence-electron chi connectivity index (χ0n) is 21.2. The Morgan fingerprint density at radius 2 is 1.95 bits per heavy atom. The van der Waals surface area contributed by atoms with Crippen molar-refractivity contribution < 1.29 is 13.6 Å². The van der Waals surface area contributed by atoms with Gasteiger partial charge in [-0.15, -0.1) is 0 Å². The van der Waals surface area contributed by atoms with Gasteiger partial charge in [0.15, 0.2) is 0 Å². The number of fused-ring (bicyclic) bond motifs is 2. The lowest BCUT2D eigenvalue weighted by molar-refractivity contribution is 0.0886. The molecule has 0 radical (unpaired) electrons. The monoisotopic (exact) mass is 531 g/mol. The van der Waals surface area contributed by atoms with Gasteiger partial charge in [0.1, 0.15) is 17.0 Å². The zero-order chi connectivity index (χ0) is 26.9. The van der Waals surface area contributed by atoms with Crippen molar-refractivity contribution in [3.63, 3.8) is 0 Å². The van der Waals surface area contributed by atoms with Crippen molar-refractivity contribution in [2.45, 2.75) is 6.43 Å². The van der Waals surface area contributed by atoms with Crippen LogP contribution in [-0.2, 0) is 0 Å². The summed E-state index contributed by atoms with van der Waals surface area (Å²) in [6, 6.07) is 11.9. The number of carbonyl (C=O) groups excluding carboxylic acids is 1. The molecule has 200 valence electrons. The standard InChI is InChI=1S/C27H27F2N9O/c1-36-7-9-37(10-8-36)19-4-2-3-18(11-19)34-27-33-13-21-20(12-31-25(21)35-27)17-5-6-24-30-14-22(38(24)16-17)26(39)32-15-23(28)29/h2-6,11-14,16,23H,7-10,15H2,1H3,(H,32,39)(H2,31,33,34,35). The molecule has 0 spiro atoms. The number of hydrogen-bond acceptors (Lipinski definition) is 7. The van der Waals surface area contributed by atoms with Crippen LogP contribution in [0.4, 0.5) is 26.1 Å². The van der Waals surface area contributed by atoms with Crippen molar-refractivity contribution in [2.75, 3.05) is 50.0 Å². The molecule has 4 aromatic heterocycles. The van der Waals surface area contributed by atoms with Crippen LogP contribution in [0.15, 0.2) is 61.2 Å². The average Bonchev–Trinajstić information content (AvgIpc) is 3.56. The Balaban J connectivity index is 1.24. The van der Waals surface area contributed by atoms with E-state index in [9.17, 15) is 13.6 Å². The number of imidazole rings is 1. The lowest BCUT2D eigenvalue weighted by Gasteiger charge is -2.34. The second-order valence-corrected chi connectivity index (χ2v) is 9.51. The molecular formula is C27H27F2N9O. The molecule has 1 aliphatic rings. The smallest absolute Gasteiger partial charge is 0.270 e. The fraction of sp³-hybridized carbons (Fsp3) is 0.259. The van der Waals surface area contributed by atoms with Crippen molar-refractivity contribution in [1.29, 1.82) is 0 Å². The molecule has 1 saturated heterocycles. The number of nitrogens with zero attached hydrogens (tertiary/aromatic N) is 6. The minimum Gasteiger partial charge on any atom is -0.369 e. The molecule has 5 aromatic rings. The molecule has 0 unspecified atom stereocenters. The maximum Gasteiger partial charge on any atom is 0.270 e. The first kappa shape index (κ1) is 24.7. The summed E-state index contributed by atoms with van der Waals surface area (Å²) in [6.45, 7) is 3.32. The van der Waals surface area contributed by atoms with Gasteiger partial charge in [-0.05, 0) is 37.4 Å². The normalized spacial score (nSPS) is 14.4. The Morgan fingerprint density at radius 3 is 2.77 bits per heavy atom. The highest BCUT2D eigenvalue weighted by atomic mass is 19.3. The van der Waals surface area contributed by atoms with Gasteiger partial charge in [-0.25, -0.2) is 18.7 Å². The van der Waals surface area contributed by atoms with Crippen LogP contribution in [-0.4, -0.2) is 81.3 Å². The fourth-order valence-corrected chi connectivity index (χ4v) is 4.75. The van der Waals surface area contributed by atoms with E-state index in [1.807, 2.05) is 24.4 Å². The van der Waals surface area contributed by atoms with Crippen LogP contribution in [0.2, 0.25) is 0 Å². The van der Waals surface area contributed by atoms with Gasteiger partial charge in [-0.3, -0.25) is 9.20 Å². The van der Waals surface area contributed by atoms with Gasteiger partial charge in [0.05, 0.1) is 12.7 Å². The van der Waals surface area contributed by atoms with Crippen LogP contribution in [0.1, 0.15) is 10.5 Å². The number of H-pyrrole nitrogens is 1. The third-order valence-corrected chi connectivity index (χ3v) is 6.87. The molecule has 6 rings (SSSR count). The molecule has 0 bridgehead atoms. The molecular weight excluding hydrogens is 504 g/mol. The topological polar surface area (TPSA) is 106 Å². The first-order valence-corrected chi connectivity index (χ1v) is 12.6. The van der Waals surface area contributed by atoms with Crippen LogP contribution >= 0.6 is 0 Å². The summed E-state index contributed by atoms with van der Waals surface area (Å²) in [6.07, 6.45) is 4.06. The number of rotatable bonds is 7. The van der Waals surface area contributed by atoms with Gasteiger partial charge in [0.2, 0.25) is 5.95 Å². The van der Waals surface area contributed by atoms with E-state index in [0.717, 1.165) is 54.1 Å². The Kier molecular flexibility index (Phi) is 6.53. The fourth-order valence-electron chi connectivity index (χ4n) is 4.75. The van der Waals surface area contributed by atoms with E-state index < -0.39 is 18.9 Å². The maximum atomic E-state index is 12.5. The van der Waals surface area contributed by atoms with Crippen LogP contribution in [0.25, 0.3) is 27.8 Å². The van der Waals surface area contributed by atoms with Crippen molar-refractivity contribution in [3.8, 4) is 11.1 Å². The summed E-state index contributed by atoms with van der Waals surface area (Å²) in [5.74, 6) is -0.149. The second-order valence-electron chi connectivity index (χ2n) is 9.51. The van der Waals surface area contributed by atoms with Crippen molar-refractivity contribution in [1.82, 2.24) is 34.6 Å². The molecule has 1 amide bonds. The molecule has 0 aliphatic carbocycles. The number of piperazine rings is 1. The molecule has 3 N–H and O–H groups in total. The van der Waals surface area contributed by atoms with E-state index in [1.54, 1.807) is 22.9 Å². The SMILES string of the molecule is CN1CCN(c2cccc(Nc3ncc4c(-c5ccc6ncc(C(=O)NCC(F)F)n6c5)c[nH]c4n3)c2)CC1. The maximum absolute atomic E-state index is 12.5. The van der Waals surface area contributed by atoms with Crippen molar-refractivity contribution in [2.24, 2.45) is 0 Å². The van der Waals surface area contributed by atoms with Crippen LogP contribution in [0, 0.1) is 0 Å². The molecule has 1 aliphatic heterocycles. The Labute approximate surface area is 222 Å². The van der Waals surface area contributed by atoms with Crippen molar-refractivity contribution in [3.05, 3.63) is 66.9 Å². The number of nitrogens with one attached hydrogen (secondary N) is 3. The van der Waals surface area contributed by atoms with Crippen LogP contribution < -0.4 is 15.5 Å². The number of hydrogen-bond donors (Lipinski definition) is 3. The summed E-state index contributed by atoms with van der Waals surface area (Å²) in [4.78, 5) is 33.7. The molecule has 39 heavy (non-hydrogen) atoms. The minimum atomic E-state index is -2.63. The number of benzene rings is 1. The van der Waals surface area contributed by atoms with E-state index >= 15 is 0 Å². The van der Waals surface area contributed by atoms with Crippen molar-refractivity contribution >= 4 is 39.9 Å². The van der Waals surface area contributed by atoms with E-state index in [2.05, 4.69) is 59.5 Å². The van der Waals surface area contributed by atoms with Gasteiger partial charge >= 0.3 is 0 Å². The highest BCUT2D eigenvalue weighted by molar-refractivity contribution is 5.95. The molecule has 1 aromatic carbocycles. The largest absolute Gasteiger partial charge is 0.369 e. The van der Waals surface area contributed by atoms with E-state index in [4.69, 9.17) is 0 Å². The molecule has 10 nitrogen and oxygen atoms in total. The summed E-state index contributed by atoms with van der Waals surface area (Å²) < 4.78 is 26.7. The molecule has 12 heteroatoms. The first-order chi connectivity index (χ1) is 18.9. The number of aromatic nitrogens is 5. The molecule has 0 saturated carbocycles. The van der Waals surface area contributed by atoms with Gasteiger partial charge in [0.25, 0.3) is 12.3 Å². The Bertz CT molecular complexity index is 1640.